The first-order valence-corrected chi connectivity index (χ1v) is 17.0. The van der Waals surface area contributed by atoms with Gasteiger partial charge in [0.15, 0.2) is 0 Å². The number of fused-ring (bicyclic) bond motifs is 4. The SMILES string of the molecule is [B]C1(c2cc(-c3c(C#N)ccc4c3oc3c(-c5ccccn5)cccc34)cc3c2C(C)(C)C(C)(C)C(C)(C)C3(C)C)CCCCC1. The van der Waals surface area contributed by atoms with Crippen molar-refractivity contribution in [1.29, 1.82) is 5.26 Å². The van der Waals surface area contributed by atoms with Crippen LogP contribution in [0, 0.1) is 22.2 Å². The van der Waals surface area contributed by atoms with Crippen molar-refractivity contribution in [3.63, 3.8) is 0 Å². The zero-order valence-electron chi connectivity index (χ0n) is 28.8. The smallest absolute Gasteiger partial charge is 0.144 e. The lowest BCUT2D eigenvalue weighted by Gasteiger charge is -2.65. The Kier molecular flexibility index (Phi) is 6.75. The summed E-state index contributed by atoms with van der Waals surface area (Å²) in [6.45, 7) is 19.4. The van der Waals surface area contributed by atoms with Crippen molar-refractivity contribution in [1.82, 2.24) is 4.98 Å². The van der Waals surface area contributed by atoms with Crippen LogP contribution >= 0.6 is 0 Å². The maximum atomic E-state index is 10.6. The monoisotopic (exact) mass is 604 g/mol. The number of rotatable bonds is 3. The normalized spacial score (nSPS) is 20.7. The van der Waals surface area contributed by atoms with Crippen LogP contribution in [0.3, 0.4) is 0 Å². The zero-order chi connectivity index (χ0) is 32.9. The minimum atomic E-state index is -0.427. The number of para-hydroxylation sites is 1. The highest BCUT2D eigenvalue weighted by Gasteiger charge is 2.61. The van der Waals surface area contributed by atoms with E-state index in [1.165, 1.54) is 23.1 Å². The van der Waals surface area contributed by atoms with Gasteiger partial charge in [-0.05, 0) is 79.6 Å². The van der Waals surface area contributed by atoms with Gasteiger partial charge in [-0.2, -0.15) is 5.26 Å². The van der Waals surface area contributed by atoms with Gasteiger partial charge in [0.25, 0.3) is 0 Å². The number of nitrogens with zero attached hydrogens (tertiary/aromatic N) is 2. The first kappa shape index (κ1) is 30.8. The Morgan fingerprint density at radius 1 is 0.739 bits per heavy atom. The number of hydrogen-bond donors (Lipinski definition) is 0. The van der Waals surface area contributed by atoms with Gasteiger partial charge < -0.3 is 4.42 Å². The van der Waals surface area contributed by atoms with E-state index < -0.39 is 5.31 Å². The van der Waals surface area contributed by atoms with Crippen LogP contribution < -0.4 is 0 Å². The highest BCUT2D eigenvalue weighted by molar-refractivity contribution is 6.17. The molecule has 3 nitrogen and oxygen atoms in total. The van der Waals surface area contributed by atoms with Gasteiger partial charge in [0.2, 0.25) is 0 Å². The summed E-state index contributed by atoms with van der Waals surface area (Å²) < 4.78 is 6.87. The minimum absolute atomic E-state index is 0.0176. The van der Waals surface area contributed by atoms with Gasteiger partial charge in [0, 0.05) is 28.1 Å². The predicted octanol–water partition coefficient (Wildman–Crippen LogP) is 11.1. The molecule has 2 aliphatic carbocycles. The summed E-state index contributed by atoms with van der Waals surface area (Å²) in [7, 11) is 7.55. The number of furan rings is 1. The van der Waals surface area contributed by atoms with Crippen LogP contribution in [0.4, 0.5) is 0 Å². The van der Waals surface area contributed by atoms with E-state index in [0.29, 0.717) is 5.56 Å². The molecule has 2 heterocycles. The van der Waals surface area contributed by atoms with E-state index in [-0.39, 0.29) is 21.7 Å². The summed E-state index contributed by atoms with van der Waals surface area (Å²) in [4.78, 5) is 4.63. The molecule has 2 radical (unpaired) electrons. The molecule has 0 unspecified atom stereocenters. The summed E-state index contributed by atoms with van der Waals surface area (Å²) >= 11 is 0. The molecule has 1 fully saturated rings. The standard InChI is InChI=1S/C42H45BN2O/c1-38(2)31-23-27(24-32(42(43)20-11-9-12-21-42)35(31)39(3,4)41(7,8)40(38,5)6)34-26(25-44)18-19-29-28-15-14-16-30(36(28)46-37(29)34)33-17-10-13-22-45-33/h10,13-19,22-24H,9,11-12,20-21H2,1-8H3. The lowest BCUT2D eigenvalue weighted by Crippen LogP contribution is -2.60. The maximum absolute atomic E-state index is 10.6. The van der Waals surface area contributed by atoms with Crippen LogP contribution in [0.2, 0.25) is 0 Å². The number of hydrogen-bond acceptors (Lipinski definition) is 3. The second-order valence-electron chi connectivity index (χ2n) is 16.1. The third kappa shape index (κ3) is 4.00. The van der Waals surface area contributed by atoms with Gasteiger partial charge in [-0.25, -0.2) is 0 Å². The van der Waals surface area contributed by atoms with Crippen molar-refractivity contribution in [2.24, 2.45) is 10.8 Å². The topological polar surface area (TPSA) is 49.8 Å². The molecule has 0 N–H and O–H groups in total. The minimum Gasteiger partial charge on any atom is -0.455 e. The Balaban J connectivity index is 1.60. The largest absolute Gasteiger partial charge is 0.455 e. The Morgan fingerprint density at radius 3 is 2.09 bits per heavy atom. The molecule has 0 aliphatic heterocycles. The van der Waals surface area contributed by atoms with E-state index in [4.69, 9.17) is 12.3 Å². The Morgan fingerprint density at radius 2 is 1.41 bits per heavy atom. The van der Waals surface area contributed by atoms with Crippen LogP contribution in [0.15, 0.2) is 71.3 Å². The quantitative estimate of drug-likeness (QED) is 0.193. The third-order valence-corrected chi connectivity index (χ3v) is 13.4. The summed E-state index contributed by atoms with van der Waals surface area (Å²) in [5.41, 5.74) is 9.46. The molecule has 46 heavy (non-hydrogen) atoms. The van der Waals surface area contributed by atoms with Gasteiger partial charge in [-0.1, -0.05) is 118 Å². The van der Waals surface area contributed by atoms with Crippen molar-refractivity contribution in [3.8, 4) is 28.5 Å². The number of aromatic nitrogens is 1. The van der Waals surface area contributed by atoms with Gasteiger partial charge in [-0.3, -0.25) is 4.98 Å². The fourth-order valence-electron chi connectivity index (χ4n) is 8.97. The van der Waals surface area contributed by atoms with Crippen molar-refractivity contribution >= 4 is 29.8 Å². The van der Waals surface area contributed by atoms with E-state index in [9.17, 15) is 5.26 Å². The molecule has 7 rings (SSSR count). The summed E-state index contributed by atoms with van der Waals surface area (Å²) in [5, 5.41) is 12.2. The van der Waals surface area contributed by atoms with Gasteiger partial charge in [-0.15, -0.1) is 0 Å². The molecular formula is C42H45BN2O. The molecule has 0 spiro atoms. The highest BCUT2D eigenvalue weighted by Crippen LogP contribution is 2.67. The van der Waals surface area contributed by atoms with Crippen molar-refractivity contribution in [2.45, 2.75) is 104 Å². The van der Waals surface area contributed by atoms with Gasteiger partial charge in [0.05, 0.1) is 25.2 Å². The number of benzene rings is 3. The van der Waals surface area contributed by atoms with Gasteiger partial charge in [0.1, 0.15) is 11.2 Å². The summed E-state index contributed by atoms with van der Waals surface area (Å²) in [6, 6.07) is 23.4. The molecule has 2 aliphatic rings. The van der Waals surface area contributed by atoms with Gasteiger partial charge >= 0.3 is 0 Å². The van der Waals surface area contributed by atoms with Crippen molar-refractivity contribution in [2.75, 3.05) is 0 Å². The molecule has 0 bridgehead atoms. The average molecular weight is 605 g/mol. The molecule has 5 aromatic rings. The Hall–Kier alpha value is -3.84. The maximum Gasteiger partial charge on any atom is 0.144 e. The van der Waals surface area contributed by atoms with Crippen LogP contribution in [0.5, 0.6) is 0 Å². The van der Waals surface area contributed by atoms with E-state index in [0.717, 1.165) is 70.0 Å². The van der Waals surface area contributed by atoms with E-state index in [1.807, 2.05) is 36.5 Å². The van der Waals surface area contributed by atoms with Crippen LogP contribution in [-0.2, 0) is 16.1 Å². The number of nitriles is 1. The molecule has 1 saturated carbocycles. The van der Waals surface area contributed by atoms with Crippen LogP contribution in [0.25, 0.3) is 44.3 Å². The zero-order valence-corrected chi connectivity index (χ0v) is 28.8. The van der Waals surface area contributed by atoms with Crippen molar-refractivity contribution in [3.05, 3.63) is 89.1 Å². The first-order chi connectivity index (χ1) is 21.7. The van der Waals surface area contributed by atoms with E-state index >= 15 is 0 Å². The predicted molar refractivity (Wildman–Crippen MR) is 191 cm³/mol. The lowest BCUT2D eigenvalue weighted by atomic mass is 9.38. The van der Waals surface area contributed by atoms with E-state index in [1.54, 1.807) is 0 Å². The lowest BCUT2D eigenvalue weighted by molar-refractivity contribution is -0.0449. The molecule has 3 aromatic carbocycles. The molecule has 2 aromatic heterocycles. The molecule has 0 saturated heterocycles. The van der Waals surface area contributed by atoms with Crippen LogP contribution in [0.1, 0.15) is 110 Å². The molecule has 232 valence electrons. The molecule has 4 heteroatoms. The van der Waals surface area contributed by atoms with Crippen molar-refractivity contribution < 1.29 is 4.42 Å². The highest BCUT2D eigenvalue weighted by atomic mass is 16.3. The summed E-state index contributed by atoms with van der Waals surface area (Å²) in [5.74, 6) is 0. The average Bonchev–Trinajstić information content (AvgIpc) is 3.42. The Bertz CT molecular complexity index is 2050. The summed E-state index contributed by atoms with van der Waals surface area (Å²) in [6.07, 6.45) is 7.24. The van der Waals surface area contributed by atoms with E-state index in [2.05, 4.69) is 96.8 Å². The third-order valence-electron chi connectivity index (χ3n) is 13.4. The molecule has 0 atom stereocenters. The second kappa shape index (κ2) is 10.1. The fourth-order valence-corrected chi connectivity index (χ4v) is 8.97. The molecule has 0 amide bonds. The molecular weight excluding hydrogens is 559 g/mol. The fraction of sp³-hybridized carbons (Fsp3) is 0.429. The Labute approximate surface area is 275 Å². The van der Waals surface area contributed by atoms with Crippen LogP contribution in [-0.4, -0.2) is 12.8 Å². The second-order valence-corrected chi connectivity index (χ2v) is 16.1. The first-order valence-electron chi connectivity index (χ1n) is 17.0. The number of pyridine rings is 1.